The molecule has 0 saturated heterocycles. The lowest BCUT2D eigenvalue weighted by Gasteiger charge is -2.07. The standard InChI is InChI=1S/C19H14FNO2/c1-12-10-17(18(20)21-11-12)15-6-2-13(3-7-15)14-4-8-16(9-5-14)19(22)23/h2-11H,1H3,(H,22,23). The van der Waals surface area contributed by atoms with Crippen molar-refractivity contribution in [3.63, 3.8) is 0 Å². The number of aromatic carboxylic acids is 1. The molecule has 0 amide bonds. The molecule has 3 rings (SSSR count). The van der Waals surface area contributed by atoms with Gasteiger partial charge in [0.25, 0.3) is 0 Å². The van der Waals surface area contributed by atoms with Gasteiger partial charge < -0.3 is 5.11 Å². The number of carbonyl (C=O) groups is 1. The lowest BCUT2D eigenvalue weighted by molar-refractivity contribution is 0.0697. The largest absolute Gasteiger partial charge is 0.478 e. The summed E-state index contributed by atoms with van der Waals surface area (Å²) < 4.78 is 13.8. The number of aryl methyl sites for hydroxylation is 1. The van der Waals surface area contributed by atoms with Crippen molar-refractivity contribution in [3.8, 4) is 22.3 Å². The van der Waals surface area contributed by atoms with Crippen molar-refractivity contribution in [2.45, 2.75) is 6.92 Å². The number of carboxylic acid groups (broad SMARTS) is 1. The Balaban J connectivity index is 1.93. The van der Waals surface area contributed by atoms with Gasteiger partial charge >= 0.3 is 5.97 Å². The van der Waals surface area contributed by atoms with Crippen molar-refractivity contribution in [3.05, 3.63) is 77.9 Å². The van der Waals surface area contributed by atoms with Gasteiger partial charge in [-0.3, -0.25) is 0 Å². The third-order valence-electron chi connectivity index (χ3n) is 3.64. The molecular formula is C19H14FNO2. The maximum atomic E-state index is 13.8. The highest BCUT2D eigenvalue weighted by atomic mass is 19.1. The number of rotatable bonds is 3. The topological polar surface area (TPSA) is 50.2 Å². The van der Waals surface area contributed by atoms with Crippen LogP contribution in [0.1, 0.15) is 15.9 Å². The lowest BCUT2D eigenvalue weighted by Crippen LogP contribution is -1.95. The smallest absolute Gasteiger partial charge is 0.335 e. The molecule has 0 radical (unpaired) electrons. The minimum atomic E-state index is -0.950. The molecule has 0 fully saturated rings. The molecule has 3 aromatic rings. The molecule has 0 aliphatic rings. The summed E-state index contributed by atoms with van der Waals surface area (Å²) >= 11 is 0. The highest BCUT2D eigenvalue weighted by Crippen LogP contribution is 2.26. The zero-order valence-electron chi connectivity index (χ0n) is 12.5. The monoisotopic (exact) mass is 307 g/mol. The first-order valence-electron chi connectivity index (χ1n) is 7.11. The fraction of sp³-hybridized carbons (Fsp3) is 0.0526. The quantitative estimate of drug-likeness (QED) is 0.722. The van der Waals surface area contributed by atoms with Crippen LogP contribution in [0.4, 0.5) is 4.39 Å². The van der Waals surface area contributed by atoms with Crippen LogP contribution < -0.4 is 0 Å². The minimum absolute atomic E-state index is 0.248. The molecule has 0 aliphatic carbocycles. The predicted octanol–water partition coefficient (Wildman–Crippen LogP) is 4.56. The second-order valence-corrected chi connectivity index (χ2v) is 5.31. The molecule has 0 saturated carbocycles. The van der Waals surface area contributed by atoms with Crippen LogP contribution in [-0.4, -0.2) is 16.1 Å². The summed E-state index contributed by atoms with van der Waals surface area (Å²) in [5.41, 5.74) is 4.21. The van der Waals surface area contributed by atoms with Gasteiger partial charge in [-0.15, -0.1) is 0 Å². The van der Waals surface area contributed by atoms with Gasteiger partial charge in [-0.25, -0.2) is 9.78 Å². The highest BCUT2D eigenvalue weighted by Gasteiger charge is 2.08. The van der Waals surface area contributed by atoms with Crippen molar-refractivity contribution in [2.75, 3.05) is 0 Å². The molecule has 2 aromatic carbocycles. The van der Waals surface area contributed by atoms with Gasteiger partial charge in [0.2, 0.25) is 5.95 Å². The van der Waals surface area contributed by atoms with E-state index >= 15 is 0 Å². The van der Waals surface area contributed by atoms with Gasteiger partial charge in [-0.05, 0) is 47.4 Å². The number of pyridine rings is 1. The molecule has 1 N–H and O–H groups in total. The summed E-state index contributed by atoms with van der Waals surface area (Å²) in [6.07, 6.45) is 1.50. The van der Waals surface area contributed by atoms with Crippen LogP contribution in [-0.2, 0) is 0 Å². The molecule has 3 nitrogen and oxygen atoms in total. The van der Waals surface area contributed by atoms with E-state index in [0.717, 1.165) is 22.3 Å². The Hall–Kier alpha value is -3.01. The summed E-state index contributed by atoms with van der Waals surface area (Å²) in [4.78, 5) is 14.6. The molecule has 0 aliphatic heterocycles. The molecule has 114 valence electrons. The Kier molecular flexibility index (Phi) is 3.89. The molecule has 4 heteroatoms. The molecule has 0 bridgehead atoms. The highest BCUT2D eigenvalue weighted by molar-refractivity contribution is 5.88. The van der Waals surface area contributed by atoms with Crippen LogP contribution in [0.25, 0.3) is 22.3 Å². The Morgan fingerprint density at radius 3 is 2.04 bits per heavy atom. The summed E-state index contributed by atoms with van der Waals surface area (Å²) in [5, 5.41) is 8.92. The maximum absolute atomic E-state index is 13.8. The van der Waals surface area contributed by atoms with Gasteiger partial charge in [0, 0.05) is 11.8 Å². The number of hydrogen-bond donors (Lipinski definition) is 1. The number of benzene rings is 2. The van der Waals surface area contributed by atoms with Gasteiger partial charge in [0.05, 0.1) is 5.56 Å². The number of nitrogens with zero attached hydrogens (tertiary/aromatic N) is 1. The maximum Gasteiger partial charge on any atom is 0.335 e. The van der Waals surface area contributed by atoms with Crippen molar-refractivity contribution in [2.24, 2.45) is 0 Å². The Morgan fingerprint density at radius 2 is 1.48 bits per heavy atom. The van der Waals surface area contributed by atoms with Gasteiger partial charge in [0.15, 0.2) is 0 Å². The van der Waals surface area contributed by atoms with Gasteiger partial charge in [0.1, 0.15) is 0 Å². The minimum Gasteiger partial charge on any atom is -0.478 e. The summed E-state index contributed by atoms with van der Waals surface area (Å²) in [7, 11) is 0. The van der Waals surface area contributed by atoms with Crippen molar-refractivity contribution in [1.82, 2.24) is 4.98 Å². The van der Waals surface area contributed by atoms with Crippen LogP contribution in [0.5, 0.6) is 0 Å². The SMILES string of the molecule is Cc1cnc(F)c(-c2ccc(-c3ccc(C(=O)O)cc3)cc2)c1. The first-order chi connectivity index (χ1) is 11.0. The first-order valence-corrected chi connectivity index (χ1v) is 7.11. The lowest BCUT2D eigenvalue weighted by atomic mass is 10.00. The summed E-state index contributed by atoms with van der Waals surface area (Å²) in [6.45, 7) is 1.87. The van der Waals surface area contributed by atoms with E-state index in [9.17, 15) is 9.18 Å². The zero-order valence-corrected chi connectivity index (χ0v) is 12.5. The number of halogens is 1. The molecule has 0 atom stereocenters. The van der Waals surface area contributed by atoms with Crippen LogP contribution in [0.2, 0.25) is 0 Å². The summed E-state index contributed by atoms with van der Waals surface area (Å²) in [6, 6.07) is 15.8. The van der Waals surface area contributed by atoms with Crippen LogP contribution >= 0.6 is 0 Å². The predicted molar refractivity (Wildman–Crippen MR) is 86.8 cm³/mol. The molecule has 23 heavy (non-hydrogen) atoms. The number of hydrogen-bond acceptors (Lipinski definition) is 2. The molecule has 0 unspecified atom stereocenters. The third kappa shape index (κ3) is 3.11. The number of carboxylic acids is 1. The average Bonchev–Trinajstić information content (AvgIpc) is 2.57. The van der Waals surface area contributed by atoms with Gasteiger partial charge in [-0.1, -0.05) is 36.4 Å². The van der Waals surface area contributed by atoms with E-state index in [1.807, 2.05) is 31.2 Å². The normalized spacial score (nSPS) is 10.5. The molecule has 0 spiro atoms. The fourth-order valence-corrected chi connectivity index (χ4v) is 2.40. The fourth-order valence-electron chi connectivity index (χ4n) is 2.40. The molecule has 1 aromatic heterocycles. The Morgan fingerprint density at radius 1 is 0.957 bits per heavy atom. The van der Waals surface area contributed by atoms with E-state index in [2.05, 4.69) is 4.98 Å². The third-order valence-corrected chi connectivity index (χ3v) is 3.64. The first kappa shape index (κ1) is 14.9. The second kappa shape index (κ2) is 6.01. The second-order valence-electron chi connectivity index (χ2n) is 5.31. The Labute approximate surface area is 133 Å². The van der Waals surface area contributed by atoms with E-state index in [1.165, 1.54) is 6.20 Å². The van der Waals surface area contributed by atoms with Crippen LogP contribution in [0.3, 0.4) is 0 Å². The molecule has 1 heterocycles. The van der Waals surface area contributed by atoms with Crippen LogP contribution in [0, 0.1) is 12.9 Å². The number of aromatic nitrogens is 1. The summed E-state index contributed by atoms with van der Waals surface area (Å²) in [5.74, 6) is -1.44. The van der Waals surface area contributed by atoms with Crippen LogP contribution in [0.15, 0.2) is 60.8 Å². The van der Waals surface area contributed by atoms with E-state index in [1.54, 1.807) is 30.3 Å². The van der Waals surface area contributed by atoms with Crippen molar-refractivity contribution < 1.29 is 14.3 Å². The molecular weight excluding hydrogens is 293 g/mol. The van der Waals surface area contributed by atoms with Gasteiger partial charge in [-0.2, -0.15) is 4.39 Å². The van der Waals surface area contributed by atoms with E-state index in [-0.39, 0.29) is 5.56 Å². The average molecular weight is 307 g/mol. The van der Waals surface area contributed by atoms with E-state index in [0.29, 0.717) is 5.56 Å². The van der Waals surface area contributed by atoms with Crippen molar-refractivity contribution in [1.29, 1.82) is 0 Å². The zero-order chi connectivity index (χ0) is 16.4. The van der Waals surface area contributed by atoms with E-state index < -0.39 is 11.9 Å². The van der Waals surface area contributed by atoms with E-state index in [4.69, 9.17) is 5.11 Å². The Bertz CT molecular complexity index is 856. The van der Waals surface area contributed by atoms with Crippen molar-refractivity contribution >= 4 is 5.97 Å².